The summed E-state index contributed by atoms with van der Waals surface area (Å²) in [7, 11) is 1.75. The highest BCUT2D eigenvalue weighted by molar-refractivity contribution is 8.04. The van der Waals surface area contributed by atoms with Crippen molar-refractivity contribution in [2.24, 2.45) is 0 Å². The number of carbonyl (C=O) groups excluding carboxylic acids is 2. The highest BCUT2D eigenvalue weighted by Crippen LogP contribution is 2.42. The number of likely N-dealkylation sites (N-methyl/N-ethyl adjacent to an activating group) is 1. The number of hydrogen-bond acceptors (Lipinski definition) is 4. The number of hydrogen-bond donors (Lipinski definition) is 1. The molecule has 0 radical (unpaired) electrons. The van der Waals surface area contributed by atoms with E-state index in [4.69, 9.17) is 4.74 Å². The smallest absolute Gasteiger partial charge is 0.264 e. The Morgan fingerprint density at radius 2 is 1.88 bits per heavy atom. The third-order valence-corrected chi connectivity index (χ3v) is 6.67. The summed E-state index contributed by atoms with van der Waals surface area (Å²) < 4.78 is 5.46. The minimum atomic E-state index is -0.152. The number of ether oxygens (including phenoxy) is 1. The first-order valence-electron chi connectivity index (χ1n) is 11.3. The predicted octanol–water partition coefficient (Wildman–Crippen LogP) is 5.48. The Morgan fingerprint density at radius 3 is 2.62 bits per heavy atom. The molecule has 0 atom stereocenters. The van der Waals surface area contributed by atoms with Crippen molar-refractivity contribution in [2.75, 3.05) is 25.1 Å². The number of benzene rings is 3. The van der Waals surface area contributed by atoms with Gasteiger partial charge in [0.25, 0.3) is 11.8 Å². The highest BCUT2D eigenvalue weighted by atomic mass is 32.2. The zero-order valence-corrected chi connectivity index (χ0v) is 20.4. The molecule has 6 heteroatoms. The second-order valence-corrected chi connectivity index (χ2v) is 9.24. The number of rotatable bonds is 7. The fraction of sp³-hybridized carbons (Fsp3) is 0.214. The Bertz CT molecular complexity index is 1230. The van der Waals surface area contributed by atoms with Crippen molar-refractivity contribution in [1.82, 2.24) is 5.32 Å². The molecule has 0 saturated heterocycles. The van der Waals surface area contributed by atoms with Crippen molar-refractivity contribution in [2.45, 2.75) is 25.2 Å². The molecule has 0 aromatic heterocycles. The van der Waals surface area contributed by atoms with Gasteiger partial charge in [-0.05, 0) is 67.8 Å². The molecule has 0 unspecified atom stereocenters. The molecule has 0 spiro atoms. The SMILES string of the molecule is CCOc1ccc(CCNC(=O)c2ccc3c(c2)N(C)C(=O)/C(=C\c2cccc(C)c2)S3)cc1. The van der Waals surface area contributed by atoms with Crippen molar-refractivity contribution in [3.8, 4) is 5.75 Å². The molecule has 5 nitrogen and oxygen atoms in total. The van der Waals surface area contributed by atoms with Crippen molar-refractivity contribution in [1.29, 1.82) is 0 Å². The molecule has 1 N–H and O–H groups in total. The largest absolute Gasteiger partial charge is 0.494 e. The highest BCUT2D eigenvalue weighted by Gasteiger charge is 2.27. The average Bonchev–Trinajstić information content (AvgIpc) is 2.83. The van der Waals surface area contributed by atoms with Crippen molar-refractivity contribution < 1.29 is 14.3 Å². The van der Waals surface area contributed by atoms with Gasteiger partial charge in [-0.25, -0.2) is 0 Å². The number of carbonyl (C=O) groups is 2. The number of anilines is 1. The third kappa shape index (κ3) is 5.51. The molecule has 34 heavy (non-hydrogen) atoms. The van der Waals surface area contributed by atoms with E-state index in [1.54, 1.807) is 18.0 Å². The van der Waals surface area contributed by atoms with E-state index in [0.29, 0.717) is 23.6 Å². The van der Waals surface area contributed by atoms with Crippen LogP contribution in [0.4, 0.5) is 5.69 Å². The fourth-order valence-corrected chi connectivity index (χ4v) is 4.88. The summed E-state index contributed by atoms with van der Waals surface area (Å²) in [6, 6.07) is 21.5. The number of aryl methyl sites for hydroxylation is 1. The maximum absolute atomic E-state index is 13.0. The van der Waals surface area contributed by atoms with Crippen LogP contribution in [0.3, 0.4) is 0 Å². The summed E-state index contributed by atoms with van der Waals surface area (Å²) in [5.74, 6) is 0.616. The molecule has 3 aromatic carbocycles. The Hall–Kier alpha value is -3.51. The summed E-state index contributed by atoms with van der Waals surface area (Å²) in [4.78, 5) is 28.9. The van der Waals surface area contributed by atoms with Crippen LogP contribution in [0.15, 0.2) is 76.5 Å². The maximum Gasteiger partial charge on any atom is 0.264 e. The lowest BCUT2D eigenvalue weighted by atomic mass is 10.1. The third-order valence-electron chi connectivity index (χ3n) is 5.59. The van der Waals surface area contributed by atoms with Crippen LogP contribution in [0.25, 0.3) is 6.08 Å². The molecule has 4 rings (SSSR count). The van der Waals surface area contributed by atoms with Crippen LogP contribution >= 0.6 is 11.8 Å². The molecular formula is C28H28N2O3S. The van der Waals surface area contributed by atoms with Crippen LogP contribution in [0.1, 0.15) is 34.0 Å². The van der Waals surface area contributed by atoms with E-state index in [9.17, 15) is 9.59 Å². The van der Waals surface area contributed by atoms with Crippen LogP contribution in [-0.2, 0) is 11.2 Å². The second-order valence-electron chi connectivity index (χ2n) is 8.15. The molecule has 1 heterocycles. The first-order valence-corrected chi connectivity index (χ1v) is 12.1. The molecule has 0 bridgehead atoms. The van der Waals surface area contributed by atoms with E-state index in [2.05, 4.69) is 11.4 Å². The number of thioether (sulfide) groups is 1. The van der Waals surface area contributed by atoms with Gasteiger partial charge in [0.1, 0.15) is 5.75 Å². The summed E-state index contributed by atoms with van der Waals surface area (Å²) in [5, 5.41) is 2.97. The molecule has 0 fully saturated rings. The van der Waals surface area contributed by atoms with Crippen LogP contribution in [0.5, 0.6) is 5.75 Å². The first kappa shape index (κ1) is 23.6. The Labute approximate surface area is 204 Å². The number of nitrogens with zero attached hydrogens (tertiary/aromatic N) is 1. The van der Waals surface area contributed by atoms with E-state index in [0.717, 1.165) is 39.4 Å². The predicted molar refractivity (Wildman–Crippen MR) is 139 cm³/mol. The van der Waals surface area contributed by atoms with Gasteiger partial charge >= 0.3 is 0 Å². The fourth-order valence-electron chi connectivity index (χ4n) is 3.79. The monoisotopic (exact) mass is 472 g/mol. The zero-order chi connectivity index (χ0) is 24.1. The molecule has 0 aliphatic carbocycles. The molecule has 1 aliphatic heterocycles. The molecule has 1 aliphatic rings. The quantitative estimate of drug-likeness (QED) is 0.463. The minimum absolute atomic E-state index is 0.0768. The van der Waals surface area contributed by atoms with Crippen LogP contribution in [0.2, 0.25) is 0 Å². The molecule has 2 amide bonds. The van der Waals surface area contributed by atoms with Gasteiger partial charge < -0.3 is 15.0 Å². The summed E-state index contributed by atoms with van der Waals surface area (Å²) in [6.07, 6.45) is 2.64. The normalized spacial score (nSPS) is 14.1. The van der Waals surface area contributed by atoms with Gasteiger partial charge in [0.05, 0.1) is 17.2 Å². The van der Waals surface area contributed by atoms with E-state index in [1.807, 2.05) is 74.5 Å². The van der Waals surface area contributed by atoms with Crippen LogP contribution in [-0.4, -0.2) is 32.0 Å². The van der Waals surface area contributed by atoms with Crippen LogP contribution in [0, 0.1) is 6.92 Å². The standard InChI is InChI=1S/C28H28N2O3S/c1-4-33-23-11-8-20(9-12-23)14-15-29-27(31)22-10-13-25-24(18-22)30(3)28(32)26(34-25)17-21-7-5-6-19(2)16-21/h5-13,16-18H,4,14-15H2,1-3H3,(H,29,31)/b26-17+. The van der Waals surface area contributed by atoms with Gasteiger partial charge in [-0.15, -0.1) is 0 Å². The van der Waals surface area contributed by atoms with Crippen LogP contribution < -0.4 is 15.0 Å². The first-order chi connectivity index (χ1) is 16.4. The van der Waals surface area contributed by atoms with E-state index < -0.39 is 0 Å². The Balaban J connectivity index is 1.42. The lowest BCUT2D eigenvalue weighted by Crippen LogP contribution is -2.31. The molecular weight excluding hydrogens is 444 g/mol. The van der Waals surface area contributed by atoms with Gasteiger partial charge in [0, 0.05) is 24.1 Å². The van der Waals surface area contributed by atoms with E-state index >= 15 is 0 Å². The number of nitrogens with one attached hydrogen (secondary N) is 1. The van der Waals surface area contributed by atoms with E-state index in [-0.39, 0.29) is 11.8 Å². The Kier molecular flexibility index (Phi) is 7.38. The topological polar surface area (TPSA) is 58.6 Å². The van der Waals surface area contributed by atoms with Crippen molar-refractivity contribution in [3.63, 3.8) is 0 Å². The van der Waals surface area contributed by atoms with E-state index in [1.165, 1.54) is 11.8 Å². The zero-order valence-electron chi connectivity index (χ0n) is 19.6. The van der Waals surface area contributed by atoms with Crippen molar-refractivity contribution in [3.05, 3.63) is 93.9 Å². The van der Waals surface area contributed by atoms with Crippen molar-refractivity contribution >= 4 is 35.3 Å². The van der Waals surface area contributed by atoms with Gasteiger partial charge in [0.15, 0.2) is 0 Å². The summed E-state index contributed by atoms with van der Waals surface area (Å²) >= 11 is 1.44. The lowest BCUT2D eigenvalue weighted by molar-refractivity contribution is -0.114. The summed E-state index contributed by atoms with van der Waals surface area (Å²) in [6.45, 7) is 5.15. The second kappa shape index (κ2) is 10.6. The number of amides is 2. The van der Waals surface area contributed by atoms with Gasteiger partial charge in [-0.1, -0.05) is 53.7 Å². The Morgan fingerprint density at radius 1 is 1.09 bits per heavy atom. The van der Waals surface area contributed by atoms with Gasteiger partial charge in [-0.2, -0.15) is 0 Å². The van der Waals surface area contributed by atoms with Gasteiger partial charge in [-0.3, -0.25) is 9.59 Å². The molecule has 3 aromatic rings. The molecule has 0 saturated carbocycles. The maximum atomic E-state index is 13.0. The lowest BCUT2D eigenvalue weighted by Gasteiger charge is -2.27. The minimum Gasteiger partial charge on any atom is -0.494 e. The summed E-state index contributed by atoms with van der Waals surface area (Å²) in [5.41, 5.74) is 4.56. The van der Waals surface area contributed by atoms with Gasteiger partial charge in [0.2, 0.25) is 0 Å². The average molecular weight is 473 g/mol. The molecule has 174 valence electrons. The number of fused-ring (bicyclic) bond motifs is 1.